The normalized spacial score (nSPS) is 11.3. The molecule has 0 aliphatic carbocycles. The third-order valence-corrected chi connectivity index (χ3v) is 4.67. The Hall–Kier alpha value is -3.36. The minimum absolute atomic E-state index is 0.0461. The van der Waals surface area contributed by atoms with E-state index in [1.165, 1.54) is 12.1 Å². The maximum absolute atomic E-state index is 11.0. The maximum atomic E-state index is 11.0. The topological polar surface area (TPSA) is 71.9 Å². The highest BCUT2D eigenvalue weighted by molar-refractivity contribution is 6.32. The summed E-state index contributed by atoms with van der Waals surface area (Å²) in [6.45, 7) is 3.91. The molecule has 0 aliphatic rings. The number of hydrogen-bond donors (Lipinski definition) is 0. The van der Waals surface area contributed by atoms with E-state index in [1.54, 1.807) is 18.2 Å². The maximum Gasteiger partial charge on any atom is 0.270 e. The Bertz CT molecular complexity index is 1110. The fourth-order valence-corrected chi connectivity index (χ4v) is 3.28. The molecule has 1 heterocycles. The Balaban J connectivity index is 2.11. The number of nitriles is 1. The molecule has 0 spiro atoms. The van der Waals surface area contributed by atoms with Crippen molar-refractivity contribution in [2.75, 3.05) is 0 Å². The van der Waals surface area contributed by atoms with Gasteiger partial charge in [0.25, 0.3) is 5.69 Å². The minimum atomic E-state index is -0.470. The zero-order valence-corrected chi connectivity index (χ0v) is 15.6. The Labute approximate surface area is 161 Å². The van der Waals surface area contributed by atoms with Gasteiger partial charge in [-0.2, -0.15) is 5.26 Å². The predicted molar refractivity (Wildman–Crippen MR) is 107 cm³/mol. The number of allylic oxidation sites excluding steroid dienone is 1. The van der Waals surface area contributed by atoms with Gasteiger partial charge < -0.3 is 4.57 Å². The first kappa shape index (κ1) is 18.4. The fraction of sp³-hybridized carbons (Fsp3) is 0.0952. The molecule has 0 bridgehead atoms. The van der Waals surface area contributed by atoms with Crippen LogP contribution in [0.15, 0.2) is 54.6 Å². The molecule has 0 amide bonds. The molecule has 134 valence electrons. The lowest BCUT2D eigenvalue weighted by molar-refractivity contribution is -0.384. The van der Waals surface area contributed by atoms with E-state index in [0.717, 1.165) is 22.6 Å². The van der Waals surface area contributed by atoms with Crippen molar-refractivity contribution in [3.8, 4) is 11.8 Å². The number of benzene rings is 2. The van der Waals surface area contributed by atoms with E-state index in [2.05, 4.69) is 6.07 Å². The van der Waals surface area contributed by atoms with Crippen molar-refractivity contribution in [1.82, 2.24) is 4.57 Å². The van der Waals surface area contributed by atoms with Crippen LogP contribution in [0.5, 0.6) is 0 Å². The Morgan fingerprint density at radius 3 is 2.59 bits per heavy atom. The standard InChI is InChI=1S/C21H16ClN3O2/c1-14-10-17(15(2)24(14)21-9-4-3-8-20(21)22)11-18(13-23)16-6-5-7-19(12-16)25(26)27/h3-12H,1-2H3. The van der Waals surface area contributed by atoms with Crippen LogP contribution in [0.3, 0.4) is 0 Å². The number of aromatic nitrogens is 1. The van der Waals surface area contributed by atoms with Crippen molar-refractivity contribution >= 4 is 28.9 Å². The van der Waals surface area contributed by atoms with Crippen LogP contribution < -0.4 is 0 Å². The molecule has 0 saturated carbocycles. The summed E-state index contributed by atoms with van der Waals surface area (Å²) in [7, 11) is 0. The van der Waals surface area contributed by atoms with E-state index < -0.39 is 4.92 Å². The van der Waals surface area contributed by atoms with Gasteiger partial charge in [0.15, 0.2) is 0 Å². The van der Waals surface area contributed by atoms with Gasteiger partial charge in [0.1, 0.15) is 0 Å². The summed E-state index contributed by atoms with van der Waals surface area (Å²) in [5.74, 6) is 0. The number of nitrogens with zero attached hydrogens (tertiary/aromatic N) is 3. The molecule has 0 N–H and O–H groups in total. The van der Waals surface area contributed by atoms with Crippen LogP contribution >= 0.6 is 11.6 Å². The summed E-state index contributed by atoms with van der Waals surface area (Å²) in [6, 6.07) is 17.7. The van der Waals surface area contributed by atoms with Crippen molar-refractivity contribution in [2.24, 2.45) is 0 Å². The summed E-state index contributed by atoms with van der Waals surface area (Å²) in [5, 5.41) is 21.2. The molecule has 0 atom stereocenters. The second-order valence-corrected chi connectivity index (χ2v) is 6.50. The van der Waals surface area contributed by atoms with Crippen molar-refractivity contribution < 1.29 is 4.92 Å². The lowest BCUT2D eigenvalue weighted by Crippen LogP contribution is -1.99. The SMILES string of the molecule is Cc1cc(C=C(C#N)c2cccc([N+](=O)[O-])c2)c(C)n1-c1ccccc1Cl. The molecule has 0 saturated heterocycles. The van der Waals surface area contributed by atoms with Gasteiger partial charge in [-0.25, -0.2) is 0 Å². The number of aryl methyl sites for hydroxylation is 1. The first-order valence-corrected chi connectivity index (χ1v) is 8.60. The van der Waals surface area contributed by atoms with E-state index >= 15 is 0 Å². The van der Waals surface area contributed by atoms with E-state index in [0.29, 0.717) is 16.2 Å². The van der Waals surface area contributed by atoms with E-state index in [-0.39, 0.29) is 5.69 Å². The predicted octanol–water partition coefficient (Wildman–Crippen LogP) is 5.72. The quantitative estimate of drug-likeness (QED) is 0.331. The number of nitro groups is 1. The Morgan fingerprint density at radius 2 is 1.93 bits per heavy atom. The number of non-ortho nitro benzene ring substituents is 1. The lowest BCUT2D eigenvalue weighted by atomic mass is 10.0. The summed E-state index contributed by atoms with van der Waals surface area (Å²) in [4.78, 5) is 10.5. The molecular weight excluding hydrogens is 362 g/mol. The third kappa shape index (κ3) is 3.62. The van der Waals surface area contributed by atoms with Gasteiger partial charge in [-0.1, -0.05) is 35.9 Å². The Morgan fingerprint density at radius 1 is 1.19 bits per heavy atom. The number of halogens is 1. The molecule has 2 aromatic carbocycles. The zero-order chi connectivity index (χ0) is 19.6. The number of para-hydroxylation sites is 1. The first-order chi connectivity index (χ1) is 12.9. The van der Waals surface area contributed by atoms with Crippen molar-refractivity contribution in [3.63, 3.8) is 0 Å². The number of rotatable bonds is 4. The van der Waals surface area contributed by atoms with Crippen LogP contribution in [0.25, 0.3) is 17.3 Å². The molecule has 1 aromatic heterocycles. The lowest BCUT2D eigenvalue weighted by Gasteiger charge is -2.11. The van der Waals surface area contributed by atoms with Crippen LogP contribution in [-0.4, -0.2) is 9.49 Å². The fourth-order valence-electron chi connectivity index (χ4n) is 3.06. The molecule has 0 unspecified atom stereocenters. The summed E-state index contributed by atoms with van der Waals surface area (Å²) < 4.78 is 2.02. The molecule has 0 fully saturated rings. The zero-order valence-electron chi connectivity index (χ0n) is 14.8. The van der Waals surface area contributed by atoms with Crippen LogP contribution in [-0.2, 0) is 0 Å². The molecule has 3 rings (SSSR count). The van der Waals surface area contributed by atoms with Gasteiger partial charge >= 0.3 is 0 Å². The third-order valence-electron chi connectivity index (χ3n) is 4.35. The van der Waals surface area contributed by atoms with Crippen molar-refractivity contribution in [1.29, 1.82) is 5.26 Å². The van der Waals surface area contributed by atoms with Crippen molar-refractivity contribution in [2.45, 2.75) is 13.8 Å². The molecule has 0 aliphatic heterocycles. The average Bonchev–Trinajstić information content (AvgIpc) is 2.93. The highest BCUT2D eigenvalue weighted by Crippen LogP contribution is 2.29. The van der Waals surface area contributed by atoms with Gasteiger partial charge in [0.05, 0.1) is 27.3 Å². The minimum Gasteiger partial charge on any atom is -0.316 e. The number of nitro benzene ring substituents is 1. The summed E-state index contributed by atoms with van der Waals surface area (Å²) >= 11 is 6.34. The first-order valence-electron chi connectivity index (χ1n) is 8.23. The molecule has 27 heavy (non-hydrogen) atoms. The molecule has 6 heteroatoms. The highest BCUT2D eigenvalue weighted by atomic mass is 35.5. The average molecular weight is 378 g/mol. The number of hydrogen-bond acceptors (Lipinski definition) is 3. The smallest absolute Gasteiger partial charge is 0.270 e. The van der Waals surface area contributed by atoms with Gasteiger partial charge in [0.2, 0.25) is 0 Å². The van der Waals surface area contributed by atoms with E-state index in [1.807, 2.05) is 48.7 Å². The molecule has 3 aromatic rings. The van der Waals surface area contributed by atoms with E-state index in [9.17, 15) is 15.4 Å². The van der Waals surface area contributed by atoms with Crippen LogP contribution in [0, 0.1) is 35.3 Å². The van der Waals surface area contributed by atoms with Crippen molar-refractivity contribution in [3.05, 3.63) is 92.2 Å². The molecular formula is C21H16ClN3O2. The van der Waals surface area contributed by atoms with Crippen LogP contribution in [0.1, 0.15) is 22.5 Å². The van der Waals surface area contributed by atoms with Gasteiger partial charge in [-0.3, -0.25) is 10.1 Å². The summed E-state index contributed by atoms with van der Waals surface area (Å²) in [6.07, 6.45) is 1.74. The van der Waals surface area contributed by atoms with Crippen LogP contribution in [0.4, 0.5) is 5.69 Å². The largest absolute Gasteiger partial charge is 0.316 e. The summed E-state index contributed by atoms with van der Waals surface area (Å²) in [5.41, 5.74) is 4.45. The second-order valence-electron chi connectivity index (χ2n) is 6.09. The van der Waals surface area contributed by atoms with Crippen LogP contribution in [0.2, 0.25) is 5.02 Å². The van der Waals surface area contributed by atoms with Gasteiger partial charge in [-0.15, -0.1) is 0 Å². The molecule has 0 radical (unpaired) electrons. The monoisotopic (exact) mass is 377 g/mol. The van der Waals surface area contributed by atoms with Gasteiger partial charge in [0, 0.05) is 23.5 Å². The highest BCUT2D eigenvalue weighted by Gasteiger charge is 2.14. The van der Waals surface area contributed by atoms with E-state index in [4.69, 9.17) is 11.6 Å². The Kier molecular flexibility index (Phi) is 5.11. The van der Waals surface area contributed by atoms with Gasteiger partial charge in [-0.05, 0) is 49.2 Å². The second kappa shape index (κ2) is 7.48. The molecule has 5 nitrogen and oxygen atoms in total.